The quantitative estimate of drug-likeness (QED) is 0.204. The molecular formula is C26H19BrClNO7. The SMILES string of the molecule is COc1cc(C2=N/C(=C/c3cc(Br)ccc3OC(=O)c3ccc(Cl)cc3)C(=O)O2)cc(OC)c1OC. The number of hydrogen-bond acceptors (Lipinski definition) is 8. The minimum absolute atomic E-state index is 0.0145. The largest absolute Gasteiger partial charge is 0.493 e. The van der Waals surface area contributed by atoms with Crippen LogP contribution in [0.5, 0.6) is 23.0 Å². The van der Waals surface area contributed by atoms with Crippen molar-refractivity contribution in [2.24, 2.45) is 4.99 Å². The van der Waals surface area contributed by atoms with Gasteiger partial charge in [-0.1, -0.05) is 27.5 Å². The number of aliphatic imine (C=N–C) groups is 1. The van der Waals surface area contributed by atoms with Crippen LogP contribution in [0.15, 0.2) is 69.8 Å². The summed E-state index contributed by atoms with van der Waals surface area (Å²) in [5, 5.41) is 0.501. The number of halogens is 2. The molecule has 4 rings (SSSR count). The molecule has 0 aromatic heterocycles. The third-order valence-corrected chi connectivity index (χ3v) is 5.82. The van der Waals surface area contributed by atoms with Gasteiger partial charge in [-0.15, -0.1) is 0 Å². The highest BCUT2D eigenvalue weighted by Crippen LogP contribution is 2.39. The van der Waals surface area contributed by atoms with E-state index in [4.69, 9.17) is 35.3 Å². The van der Waals surface area contributed by atoms with E-state index in [9.17, 15) is 9.59 Å². The molecule has 1 heterocycles. The molecule has 0 N–H and O–H groups in total. The number of carbonyl (C=O) groups is 2. The molecule has 0 atom stereocenters. The first-order chi connectivity index (χ1) is 17.3. The van der Waals surface area contributed by atoms with Crippen LogP contribution in [-0.4, -0.2) is 39.2 Å². The Morgan fingerprint density at radius 2 is 1.61 bits per heavy atom. The van der Waals surface area contributed by atoms with E-state index < -0.39 is 11.9 Å². The van der Waals surface area contributed by atoms with Crippen molar-refractivity contribution in [1.29, 1.82) is 0 Å². The summed E-state index contributed by atoms with van der Waals surface area (Å²) in [5.41, 5.74) is 1.22. The van der Waals surface area contributed by atoms with Gasteiger partial charge in [0.1, 0.15) is 5.75 Å². The third kappa shape index (κ3) is 5.37. The van der Waals surface area contributed by atoms with Crippen LogP contribution in [-0.2, 0) is 9.53 Å². The van der Waals surface area contributed by atoms with Crippen LogP contribution < -0.4 is 18.9 Å². The average Bonchev–Trinajstić information content (AvgIpc) is 3.24. The monoisotopic (exact) mass is 571 g/mol. The number of methoxy groups -OCH3 is 3. The van der Waals surface area contributed by atoms with Crippen molar-refractivity contribution < 1.29 is 33.3 Å². The molecule has 1 aliphatic rings. The summed E-state index contributed by atoms with van der Waals surface area (Å²) in [6, 6.07) is 14.6. The zero-order chi connectivity index (χ0) is 25.8. The van der Waals surface area contributed by atoms with Gasteiger partial charge >= 0.3 is 11.9 Å². The molecule has 0 aliphatic carbocycles. The lowest BCUT2D eigenvalue weighted by atomic mass is 10.1. The van der Waals surface area contributed by atoms with Gasteiger partial charge in [0.05, 0.1) is 26.9 Å². The third-order valence-electron chi connectivity index (χ3n) is 5.08. The molecule has 1 aliphatic heterocycles. The zero-order valence-corrected chi connectivity index (χ0v) is 21.7. The first-order valence-electron chi connectivity index (χ1n) is 10.4. The highest BCUT2D eigenvalue weighted by molar-refractivity contribution is 9.10. The zero-order valence-electron chi connectivity index (χ0n) is 19.3. The summed E-state index contributed by atoms with van der Waals surface area (Å²) < 4.78 is 27.7. The minimum Gasteiger partial charge on any atom is -0.493 e. The van der Waals surface area contributed by atoms with Gasteiger partial charge < -0.3 is 23.7 Å². The van der Waals surface area contributed by atoms with E-state index in [-0.39, 0.29) is 17.3 Å². The first kappa shape index (κ1) is 25.3. The van der Waals surface area contributed by atoms with Gasteiger partial charge in [-0.3, -0.25) is 0 Å². The Hall–Kier alpha value is -3.82. The summed E-state index contributed by atoms with van der Waals surface area (Å²) in [7, 11) is 4.45. The van der Waals surface area contributed by atoms with Gasteiger partial charge in [0, 0.05) is 20.6 Å². The maximum absolute atomic E-state index is 12.6. The number of ether oxygens (including phenoxy) is 5. The Morgan fingerprint density at radius 1 is 0.944 bits per heavy atom. The topological polar surface area (TPSA) is 92.7 Å². The average molecular weight is 573 g/mol. The number of hydrogen-bond donors (Lipinski definition) is 0. The Labute approximate surface area is 220 Å². The van der Waals surface area contributed by atoms with E-state index in [1.807, 2.05) is 0 Å². The molecule has 3 aromatic carbocycles. The second-order valence-corrected chi connectivity index (χ2v) is 8.68. The van der Waals surface area contributed by atoms with Crippen LogP contribution in [0.4, 0.5) is 0 Å². The molecule has 0 spiro atoms. The van der Waals surface area contributed by atoms with Crippen molar-refractivity contribution in [3.05, 3.63) is 86.5 Å². The number of nitrogens with zero attached hydrogens (tertiary/aromatic N) is 1. The van der Waals surface area contributed by atoms with Gasteiger partial charge in [-0.05, 0) is 60.7 Å². The molecule has 0 radical (unpaired) electrons. The fraction of sp³-hybridized carbons (Fsp3) is 0.115. The summed E-state index contributed by atoms with van der Waals surface area (Å²) >= 11 is 9.29. The first-order valence-corrected chi connectivity index (χ1v) is 11.6. The highest BCUT2D eigenvalue weighted by Gasteiger charge is 2.27. The maximum atomic E-state index is 12.6. The Kier molecular flexibility index (Phi) is 7.61. The number of cyclic esters (lactones) is 1. The van der Waals surface area contributed by atoms with Crippen molar-refractivity contribution in [1.82, 2.24) is 0 Å². The van der Waals surface area contributed by atoms with Gasteiger partial charge in [-0.2, -0.15) is 0 Å². The van der Waals surface area contributed by atoms with Crippen molar-refractivity contribution in [2.75, 3.05) is 21.3 Å². The van der Waals surface area contributed by atoms with Crippen LogP contribution in [0.25, 0.3) is 6.08 Å². The van der Waals surface area contributed by atoms with Crippen molar-refractivity contribution in [2.45, 2.75) is 0 Å². The molecule has 0 fully saturated rings. The predicted octanol–water partition coefficient (Wildman–Crippen LogP) is 5.69. The van der Waals surface area contributed by atoms with E-state index in [1.54, 1.807) is 54.6 Å². The van der Waals surface area contributed by atoms with Gasteiger partial charge in [0.2, 0.25) is 11.6 Å². The molecule has 10 heteroatoms. The van der Waals surface area contributed by atoms with Crippen molar-refractivity contribution in [3.63, 3.8) is 0 Å². The Morgan fingerprint density at radius 3 is 2.22 bits per heavy atom. The number of benzene rings is 3. The van der Waals surface area contributed by atoms with Crippen LogP contribution in [0.1, 0.15) is 21.5 Å². The van der Waals surface area contributed by atoms with Crippen LogP contribution in [0.2, 0.25) is 5.02 Å². The predicted molar refractivity (Wildman–Crippen MR) is 137 cm³/mol. The van der Waals surface area contributed by atoms with E-state index in [1.165, 1.54) is 27.4 Å². The fourth-order valence-electron chi connectivity index (χ4n) is 3.35. The summed E-state index contributed by atoms with van der Waals surface area (Å²) in [6.45, 7) is 0. The smallest absolute Gasteiger partial charge is 0.363 e. The molecule has 36 heavy (non-hydrogen) atoms. The lowest BCUT2D eigenvalue weighted by Gasteiger charge is -2.13. The Bertz CT molecular complexity index is 1370. The fourth-order valence-corrected chi connectivity index (χ4v) is 3.86. The van der Waals surface area contributed by atoms with Crippen LogP contribution >= 0.6 is 27.5 Å². The summed E-state index contributed by atoms with van der Waals surface area (Å²) in [4.78, 5) is 29.6. The molecule has 0 saturated carbocycles. The second-order valence-electron chi connectivity index (χ2n) is 7.33. The van der Waals surface area contributed by atoms with Gasteiger partial charge in [0.15, 0.2) is 17.2 Å². The lowest BCUT2D eigenvalue weighted by molar-refractivity contribution is -0.129. The lowest BCUT2D eigenvalue weighted by Crippen LogP contribution is -2.09. The number of carbonyl (C=O) groups excluding carboxylic acids is 2. The van der Waals surface area contributed by atoms with Crippen molar-refractivity contribution in [3.8, 4) is 23.0 Å². The number of rotatable bonds is 7. The normalized spacial score (nSPS) is 13.8. The van der Waals surface area contributed by atoms with E-state index in [0.717, 1.165) is 0 Å². The molecule has 3 aromatic rings. The van der Waals surface area contributed by atoms with Crippen molar-refractivity contribution >= 4 is 51.4 Å². The molecule has 0 unspecified atom stereocenters. The van der Waals surface area contributed by atoms with E-state index >= 15 is 0 Å². The molecule has 0 bridgehead atoms. The number of esters is 2. The summed E-state index contributed by atoms with van der Waals surface area (Å²) in [6.07, 6.45) is 1.47. The highest BCUT2D eigenvalue weighted by atomic mass is 79.9. The summed E-state index contributed by atoms with van der Waals surface area (Å²) in [5.74, 6) is 0.191. The molecular weight excluding hydrogens is 554 g/mol. The molecule has 0 amide bonds. The molecule has 8 nitrogen and oxygen atoms in total. The minimum atomic E-state index is -0.672. The second kappa shape index (κ2) is 10.8. The van der Waals surface area contributed by atoms with E-state index in [0.29, 0.717) is 43.4 Å². The Balaban J connectivity index is 1.68. The molecule has 184 valence electrons. The van der Waals surface area contributed by atoms with E-state index in [2.05, 4.69) is 20.9 Å². The van der Waals surface area contributed by atoms with Crippen LogP contribution in [0, 0.1) is 0 Å². The van der Waals surface area contributed by atoms with Gasteiger partial charge in [0.25, 0.3) is 0 Å². The maximum Gasteiger partial charge on any atom is 0.363 e. The molecule has 0 saturated heterocycles. The van der Waals surface area contributed by atoms with Gasteiger partial charge in [-0.25, -0.2) is 14.6 Å². The standard InChI is InChI=1S/C26H19BrClNO7/c1-32-21-12-16(13-22(33-2)23(21)34-3)24-29-19(26(31)36-24)11-15-10-17(27)6-9-20(15)35-25(30)14-4-7-18(28)8-5-14/h4-13H,1-3H3/b19-11+. The van der Waals surface area contributed by atoms with Crippen LogP contribution in [0.3, 0.4) is 0 Å².